The predicted molar refractivity (Wildman–Crippen MR) is 100 cm³/mol. The van der Waals surface area contributed by atoms with Gasteiger partial charge in [0.25, 0.3) is 11.6 Å². The van der Waals surface area contributed by atoms with Gasteiger partial charge in [0.1, 0.15) is 11.4 Å². The Morgan fingerprint density at radius 2 is 1.93 bits per heavy atom. The first-order valence-electron chi connectivity index (χ1n) is 8.68. The largest absolute Gasteiger partial charge is 0.417 e. The van der Waals surface area contributed by atoms with Crippen molar-refractivity contribution >= 4 is 29.0 Å². The fourth-order valence-electron chi connectivity index (χ4n) is 3.10. The molecule has 2 aromatic rings. The number of pyridine rings is 1. The molecule has 7 nitrogen and oxygen atoms in total. The molecule has 1 aliphatic heterocycles. The Morgan fingerprint density at radius 3 is 2.48 bits per heavy atom. The number of hydrogen-bond acceptors (Lipinski definition) is 5. The summed E-state index contributed by atoms with van der Waals surface area (Å²) >= 11 is 5.76. The summed E-state index contributed by atoms with van der Waals surface area (Å²) in [5.74, 6) is -0.143. The second-order valence-electron chi connectivity index (χ2n) is 6.56. The molecule has 1 aromatic carbocycles. The Labute approximate surface area is 168 Å². The average Bonchev–Trinajstić information content (AvgIpc) is 2.68. The molecule has 1 fully saturated rings. The monoisotopic (exact) mass is 428 g/mol. The molecule has 2 heterocycles. The van der Waals surface area contributed by atoms with E-state index < -0.39 is 22.6 Å². The van der Waals surface area contributed by atoms with E-state index >= 15 is 0 Å². The minimum atomic E-state index is -4.44. The molecule has 0 bridgehead atoms. The number of hydrogen-bond donors (Lipinski definition) is 1. The van der Waals surface area contributed by atoms with Crippen molar-refractivity contribution in [3.63, 3.8) is 0 Å². The summed E-state index contributed by atoms with van der Waals surface area (Å²) in [7, 11) is 0. The van der Waals surface area contributed by atoms with Crippen molar-refractivity contribution in [3.8, 4) is 0 Å². The molecule has 1 aliphatic rings. The summed E-state index contributed by atoms with van der Waals surface area (Å²) in [4.78, 5) is 28.6. The lowest BCUT2D eigenvalue weighted by Crippen LogP contribution is -2.45. The van der Waals surface area contributed by atoms with E-state index in [0.717, 1.165) is 18.3 Å². The van der Waals surface area contributed by atoms with Crippen LogP contribution in [-0.4, -0.2) is 34.9 Å². The van der Waals surface area contributed by atoms with E-state index in [1.54, 1.807) is 0 Å². The number of halogens is 4. The van der Waals surface area contributed by atoms with Crippen molar-refractivity contribution in [2.45, 2.75) is 25.1 Å². The van der Waals surface area contributed by atoms with Gasteiger partial charge in [-0.15, -0.1) is 0 Å². The van der Waals surface area contributed by atoms with Gasteiger partial charge >= 0.3 is 6.18 Å². The van der Waals surface area contributed by atoms with E-state index in [-0.39, 0.29) is 22.3 Å². The molecule has 0 aliphatic carbocycles. The van der Waals surface area contributed by atoms with Gasteiger partial charge in [-0.3, -0.25) is 14.9 Å². The van der Waals surface area contributed by atoms with E-state index in [0.29, 0.717) is 31.7 Å². The van der Waals surface area contributed by atoms with Crippen LogP contribution in [0.25, 0.3) is 0 Å². The molecular formula is C18H16ClF3N4O3. The molecule has 1 amide bonds. The number of anilines is 1. The molecule has 1 aromatic heterocycles. The summed E-state index contributed by atoms with van der Waals surface area (Å²) in [6, 6.07) is 5.91. The fraction of sp³-hybridized carbons (Fsp3) is 0.333. The second kappa shape index (κ2) is 8.24. The van der Waals surface area contributed by atoms with Gasteiger partial charge in [-0.25, -0.2) is 4.98 Å². The molecular weight excluding hydrogens is 413 g/mol. The number of piperidine rings is 1. The van der Waals surface area contributed by atoms with Crippen molar-refractivity contribution in [2.75, 3.05) is 18.0 Å². The minimum absolute atomic E-state index is 0.0776. The van der Waals surface area contributed by atoms with Crippen LogP contribution in [0.3, 0.4) is 0 Å². The van der Waals surface area contributed by atoms with Gasteiger partial charge in [0.15, 0.2) is 0 Å². The lowest BCUT2D eigenvalue weighted by Gasteiger charge is -2.33. The third-order valence-corrected chi connectivity index (χ3v) is 4.87. The number of nitrogens with zero attached hydrogens (tertiary/aromatic N) is 3. The minimum Gasteiger partial charge on any atom is -0.356 e. The molecule has 29 heavy (non-hydrogen) atoms. The average molecular weight is 429 g/mol. The lowest BCUT2D eigenvalue weighted by molar-refractivity contribution is -0.385. The normalized spacial score (nSPS) is 15.2. The highest BCUT2D eigenvalue weighted by Crippen LogP contribution is 2.30. The fourth-order valence-corrected chi connectivity index (χ4v) is 3.27. The topological polar surface area (TPSA) is 88.4 Å². The molecule has 0 radical (unpaired) electrons. The highest BCUT2D eigenvalue weighted by molar-refractivity contribution is 6.31. The SMILES string of the molecule is O=C(NC1CCN(c2ccc(C(F)(F)F)cn2)CC1)c1ccc(Cl)cc1[N+](=O)[O-]. The standard InChI is InChI=1S/C18H16ClF3N4O3/c19-12-2-3-14(15(9-12)26(28)29)17(27)24-13-5-7-25(8-6-13)16-4-1-11(10-23-16)18(20,21)22/h1-4,9-10,13H,5-8H2,(H,24,27). The summed E-state index contributed by atoms with van der Waals surface area (Å²) in [6.45, 7) is 0.956. The molecule has 3 rings (SSSR count). The lowest BCUT2D eigenvalue weighted by atomic mass is 10.0. The molecule has 154 valence electrons. The molecule has 0 atom stereocenters. The van der Waals surface area contributed by atoms with Gasteiger partial charge in [0, 0.05) is 36.4 Å². The van der Waals surface area contributed by atoms with Crippen LogP contribution in [0.5, 0.6) is 0 Å². The Bertz CT molecular complexity index is 914. The smallest absolute Gasteiger partial charge is 0.356 e. The maximum Gasteiger partial charge on any atom is 0.417 e. The van der Waals surface area contributed by atoms with Gasteiger partial charge < -0.3 is 10.2 Å². The zero-order valence-corrected chi connectivity index (χ0v) is 15.7. The van der Waals surface area contributed by atoms with Crippen LogP contribution in [0, 0.1) is 10.1 Å². The van der Waals surface area contributed by atoms with Gasteiger partial charge in [0.2, 0.25) is 0 Å². The number of amides is 1. The maximum atomic E-state index is 12.6. The van der Waals surface area contributed by atoms with Crippen molar-refractivity contribution in [2.24, 2.45) is 0 Å². The summed E-state index contributed by atoms with van der Waals surface area (Å²) in [5.41, 5.74) is -1.26. The van der Waals surface area contributed by atoms with E-state index in [4.69, 9.17) is 11.6 Å². The number of nitro groups is 1. The zero-order valence-electron chi connectivity index (χ0n) is 14.9. The number of aromatic nitrogens is 1. The van der Waals surface area contributed by atoms with Crippen LogP contribution in [0.4, 0.5) is 24.7 Å². The van der Waals surface area contributed by atoms with Gasteiger partial charge in [-0.05, 0) is 37.1 Å². The Hall–Kier alpha value is -2.88. The summed E-state index contributed by atoms with van der Waals surface area (Å²) in [6.07, 6.45) is -2.60. The number of carbonyl (C=O) groups excluding carboxylic acids is 1. The van der Waals surface area contributed by atoms with E-state index in [9.17, 15) is 28.1 Å². The highest BCUT2D eigenvalue weighted by atomic mass is 35.5. The van der Waals surface area contributed by atoms with E-state index in [2.05, 4.69) is 10.3 Å². The van der Waals surface area contributed by atoms with E-state index in [1.807, 2.05) is 4.90 Å². The van der Waals surface area contributed by atoms with E-state index in [1.165, 1.54) is 18.2 Å². The number of nitro benzene ring substituents is 1. The van der Waals surface area contributed by atoms with Crippen LogP contribution < -0.4 is 10.2 Å². The third-order valence-electron chi connectivity index (χ3n) is 4.63. The number of carbonyl (C=O) groups is 1. The maximum absolute atomic E-state index is 12.6. The van der Waals surface area contributed by atoms with Crippen LogP contribution in [0.15, 0.2) is 36.5 Å². The molecule has 1 saturated heterocycles. The number of rotatable bonds is 4. The molecule has 0 spiro atoms. The third kappa shape index (κ3) is 4.94. The van der Waals surface area contributed by atoms with Crippen LogP contribution in [0.2, 0.25) is 5.02 Å². The highest BCUT2D eigenvalue weighted by Gasteiger charge is 2.31. The van der Waals surface area contributed by atoms with Gasteiger partial charge in [-0.1, -0.05) is 11.6 Å². The number of alkyl halides is 3. The Balaban J connectivity index is 1.60. The quantitative estimate of drug-likeness (QED) is 0.586. The first kappa shape index (κ1) is 20.8. The zero-order chi connectivity index (χ0) is 21.2. The molecule has 1 N–H and O–H groups in total. The van der Waals surface area contributed by atoms with Crippen LogP contribution >= 0.6 is 11.6 Å². The van der Waals surface area contributed by atoms with Gasteiger partial charge in [0.05, 0.1) is 10.5 Å². The van der Waals surface area contributed by atoms with Gasteiger partial charge in [-0.2, -0.15) is 13.2 Å². The summed E-state index contributed by atoms with van der Waals surface area (Å²) < 4.78 is 37.9. The number of benzene rings is 1. The second-order valence-corrected chi connectivity index (χ2v) is 6.99. The van der Waals surface area contributed by atoms with Crippen molar-refractivity contribution in [1.29, 1.82) is 0 Å². The first-order chi connectivity index (χ1) is 13.6. The molecule has 11 heteroatoms. The van der Waals surface area contributed by atoms with Crippen molar-refractivity contribution in [3.05, 3.63) is 62.8 Å². The summed E-state index contributed by atoms with van der Waals surface area (Å²) in [5, 5.41) is 14.1. The van der Waals surface area contributed by atoms with Crippen molar-refractivity contribution in [1.82, 2.24) is 10.3 Å². The predicted octanol–water partition coefficient (Wildman–Crippen LogP) is 4.06. The molecule has 0 unspecified atom stereocenters. The van der Waals surface area contributed by atoms with Crippen LogP contribution in [0.1, 0.15) is 28.8 Å². The Kier molecular flexibility index (Phi) is 5.92. The van der Waals surface area contributed by atoms with Crippen LogP contribution in [-0.2, 0) is 6.18 Å². The molecule has 0 saturated carbocycles. The first-order valence-corrected chi connectivity index (χ1v) is 9.06. The Morgan fingerprint density at radius 1 is 1.24 bits per heavy atom. The van der Waals surface area contributed by atoms with Crippen molar-refractivity contribution < 1.29 is 22.9 Å². The number of nitrogens with one attached hydrogen (secondary N) is 1.